The Balaban J connectivity index is 3.10. The predicted octanol–water partition coefficient (Wildman–Crippen LogP) is 0.867. The van der Waals surface area contributed by atoms with Crippen LogP contribution in [0.4, 0.5) is 0 Å². The third-order valence-corrected chi connectivity index (χ3v) is 2.07. The lowest BCUT2D eigenvalue weighted by atomic mass is 10.0. The van der Waals surface area contributed by atoms with E-state index in [2.05, 4.69) is 11.4 Å². The van der Waals surface area contributed by atoms with Gasteiger partial charge in [-0.05, 0) is 35.7 Å². The Morgan fingerprint density at radius 3 is 2.64 bits per heavy atom. The van der Waals surface area contributed by atoms with Gasteiger partial charge in [0.25, 0.3) is 5.91 Å². The molecule has 0 saturated carbocycles. The maximum Gasteiger partial charge on any atom is 0.251 e. The summed E-state index contributed by atoms with van der Waals surface area (Å²) in [5, 5.41) is 2.59. The first-order valence-corrected chi connectivity index (χ1v) is 4.68. The molecule has 1 rings (SSSR count). The number of nitrogens with two attached hydrogens (primary N) is 1. The maximum atomic E-state index is 11.4. The summed E-state index contributed by atoms with van der Waals surface area (Å²) in [6.07, 6.45) is 0.859. The number of benzene rings is 1. The monoisotopic (exact) mass is 191 g/mol. The molecule has 0 heterocycles. The molecular formula is C11H15N2O. The highest BCUT2D eigenvalue weighted by atomic mass is 16.1. The molecule has 75 valence electrons. The van der Waals surface area contributed by atoms with Gasteiger partial charge in [-0.15, -0.1) is 0 Å². The van der Waals surface area contributed by atoms with Crippen molar-refractivity contribution < 1.29 is 4.79 Å². The molecule has 14 heavy (non-hydrogen) atoms. The smallest absolute Gasteiger partial charge is 0.251 e. The molecule has 0 unspecified atom stereocenters. The topological polar surface area (TPSA) is 55.1 Å². The summed E-state index contributed by atoms with van der Waals surface area (Å²) in [6.45, 7) is 2.44. The van der Waals surface area contributed by atoms with Crippen molar-refractivity contribution in [2.75, 3.05) is 7.05 Å². The van der Waals surface area contributed by atoms with Gasteiger partial charge in [0.1, 0.15) is 0 Å². The van der Waals surface area contributed by atoms with Crippen LogP contribution in [0.3, 0.4) is 0 Å². The van der Waals surface area contributed by atoms with E-state index in [9.17, 15) is 4.79 Å². The summed E-state index contributed by atoms with van der Waals surface area (Å²) in [6, 6.07) is 6.78. The Morgan fingerprint density at radius 2 is 2.14 bits per heavy atom. The maximum absolute atomic E-state index is 11.4. The first-order valence-electron chi connectivity index (χ1n) is 4.68. The lowest BCUT2D eigenvalue weighted by Gasteiger charge is -2.05. The minimum Gasteiger partial charge on any atom is -0.355 e. The molecule has 0 aromatic heterocycles. The average molecular weight is 191 g/mol. The SMILES string of the molecule is CCc1[c]c(CN)cc(C(=O)NC)c1. The molecular weight excluding hydrogens is 176 g/mol. The number of carbonyl (C=O) groups excluding carboxylic acids is 1. The second-order valence-electron chi connectivity index (χ2n) is 3.06. The highest BCUT2D eigenvalue weighted by Crippen LogP contribution is 2.10. The van der Waals surface area contributed by atoms with Crippen LogP contribution in [-0.2, 0) is 13.0 Å². The van der Waals surface area contributed by atoms with Crippen LogP contribution in [-0.4, -0.2) is 13.0 Å². The molecule has 0 fully saturated rings. The molecule has 1 amide bonds. The molecule has 3 N–H and O–H groups in total. The third kappa shape index (κ3) is 2.33. The van der Waals surface area contributed by atoms with Gasteiger partial charge in [0.05, 0.1) is 0 Å². The van der Waals surface area contributed by atoms with E-state index >= 15 is 0 Å². The highest BCUT2D eigenvalue weighted by Gasteiger charge is 2.05. The zero-order chi connectivity index (χ0) is 10.6. The minimum absolute atomic E-state index is 0.0802. The third-order valence-electron chi connectivity index (χ3n) is 2.07. The van der Waals surface area contributed by atoms with E-state index < -0.39 is 0 Å². The van der Waals surface area contributed by atoms with Crippen molar-refractivity contribution in [2.24, 2.45) is 5.73 Å². The number of rotatable bonds is 3. The molecule has 1 radical (unpaired) electrons. The number of amides is 1. The van der Waals surface area contributed by atoms with Crippen LogP contribution in [0.1, 0.15) is 28.4 Å². The van der Waals surface area contributed by atoms with Gasteiger partial charge in [0.15, 0.2) is 0 Å². The summed E-state index contributed by atoms with van der Waals surface area (Å²) in [5.74, 6) is -0.0802. The fourth-order valence-corrected chi connectivity index (χ4v) is 1.27. The lowest BCUT2D eigenvalue weighted by molar-refractivity contribution is 0.0963. The first kappa shape index (κ1) is 10.7. The van der Waals surface area contributed by atoms with Gasteiger partial charge in [-0.2, -0.15) is 0 Å². The zero-order valence-corrected chi connectivity index (χ0v) is 8.55. The second-order valence-corrected chi connectivity index (χ2v) is 3.06. The number of hydrogen-bond acceptors (Lipinski definition) is 2. The summed E-state index contributed by atoms with van der Waals surface area (Å²) in [5.41, 5.74) is 8.07. The molecule has 1 aromatic rings. The molecule has 0 aliphatic rings. The van der Waals surface area contributed by atoms with Gasteiger partial charge in [-0.25, -0.2) is 0 Å². The van der Waals surface area contributed by atoms with E-state index in [0.717, 1.165) is 17.5 Å². The van der Waals surface area contributed by atoms with Crippen LogP contribution in [0, 0.1) is 6.07 Å². The van der Waals surface area contributed by atoms with Gasteiger partial charge < -0.3 is 11.1 Å². The Kier molecular flexibility index (Phi) is 3.65. The lowest BCUT2D eigenvalue weighted by Crippen LogP contribution is -2.18. The van der Waals surface area contributed by atoms with Crippen LogP contribution < -0.4 is 11.1 Å². The summed E-state index contributed by atoms with van der Waals surface area (Å²) in [7, 11) is 1.62. The van der Waals surface area contributed by atoms with Crippen molar-refractivity contribution in [2.45, 2.75) is 19.9 Å². The van der Waals surface area contributed by atoms with Crippen LogP contribution in [0.5, 0.6) is 0 Å². The van der Waals surface area contributed by atoms with Gasteiger partial charge in [0.2, 0.25) is 0 Å². The Hall–Kier alpha value is -1.35. The quantitative estimate of drug-likeness (QED) is 0.744. The van der Waals surface area contributed by atoms with E-state index in [1.807, 2.05) is 13.0 Å². The van der Waals surface area contributed by atoms with Crippen LogP contribution in [0.25, 0.3) is 0 Å². The number of carbonyl (C=O) groups is 1. The molecule has 3 heteroatoms. The van der Waals surface area contributed by atoms with Crippen molar-refractivity contribution in [3.63, 3.8) is 0 Å². The highest BCUT2D eigenvalue weighted by molar-refractivity contribution is 5.94. The second kappa shape index (κ2) is 4.77. The first-order chi connectivity index (χ1) is 6.71. The van der Waals surface area contributed by atoms with Crippen molar-refractivity contribution in [3.8, 4) is 0 Å². The Morgan fingerprint density at radius 1 is 1.50 bits per heavy atom. The van der Waals surface area contributed by atoms with E-state index in [0.29, 0.717) is 12.1 Å². The molecule has 0 aliphatic heterocycles. The van der Waals surface area contributed by atoms with Crippen molar-refractivity contribution in [1.29, 1.82) is 0 Å². The number of nitrogens with one attached hydrogen (secondary N) is 1. The molecule has 0 saturated heterocycles. The van der Waals surface area contributed by atoms with Gasteiger partial charge in [-0.3, -0.25) is 4.79 Å². The zero-order valence-electron chi connectivity index (χ0n) is 8.55. The van der Waals surface area contributed by atoms with Crippen molar-refractivity contribution in [3.05, 3.63) is 34.9 Å². The van der Waals surface area contributed by atoms with E-state index in [-0.39, 0.29) is 5.91 Å². The average Bonchev–Trinajstić information content (AvgIpc) is 2.27. The summed E-state index contributed by atoms with van der Waals surface area (Å²) < 4.78 is 0. The summed E-state index contributed by atoms with van der Waals surface area (Å²) in [4.78, 5) is 11.4. The standard InChI is InChI=1S/C11H15N2O/c1-3-8-4-9(7-12)6-10(5-8)11(14)13-2/h5-6H,3,7,12H2,1-2H3,(H,13,14). The fraction of sp³-hybridized carbons (Fsp3) is 0.364. The van der Waals surface area contributed by atoms with Crippen LogP contribution >= 0.6 is 0 Å². The largest absolute Gasteiger partial charge is 0.355 e. The normalized spacial score (nSPS) is 9.93. The number of hydrogen-bond donors (Lipinski definition) is 2. The number of aryl methyl sites for hydroxylation is 1. The van der Waals surface area contributed by atoms with Crippen molar-refractivity contribution in [1.82, 2.24) is 5.32 Å². The Labute approximate surface area is 84.3 Å². The molecule has 0 spiro atoms. The van der Waals surface area contributed by atoms with Gasteiger partial charge >= 0.3 is 0 Å². The van der Waals surface area contributed by atoms with E-state index in [1.165, 1.54) is 0 Å². The summed E-state index contributed by atoms with van der Waals surface area (Å²) >= 11 is 0. The molecule has 0 aliphatic carbocycles. The Bertz CT molecular complexity index is 312. The molecule has 1 aromatic carbocycles. The van der Waals surface area contributed by atoms with Crippen LogP contribution in [0.15, 0.2) is 12.1 Å². The van der Waals surface area contributed by atoms with Crippen molar-refractivity contribution >= 4 is 5.91 Å². The van der Waals surface area contributed by atoms with Gasteiger partial charge in [-0.1, -0.05) is 6.92 Å². The van der Waals surface area contributed by atoms with E-state index in [4.69, 9.17) is 5.73 Å². The molecule has 0 atom stereocenters. The van der Waals surface area contributed by atoms with Crippen LogP contribution in [0.2, 0.25) is 0 Å². The molecule has 0 bridgehead atoms. The minimum atomic E-state index is -0.0802. The van der Waals surface area contributed by atoms with Gasteiger partial charge in [0, 0.05) is 19.2 Å². The fourth-order valence-electron chi connectivity index (χ4n) is 1.27. The predicted molar refractivity (Wildman–Crippen MR) is 55.9 cm³/mol. The van der Waals surface area contributed by atoms with E-state index in [1.54, 1.807) is 13.1 Å². The molecule has 3 nitrogen and oxygen atoms in total.